The number of benzene rings is 2. The van der Waals surface area contributed by atoms with Crippen LogP contribution in [0, 0.1) is 18.7 Å². The second kappa shape index (κ2) is 5.35. The smallest absolute Gasteiger partial charge is 0.130 e. The van der Waals surface area contributed by atoms with Crippen molar-refractivity contribution in [1.82, 2.24) is 5.43 Å². The summed E-state index contributed by atoms with van der Waals surface area (Å²) in [5.41, 5.74) is 5.46. The molecule has 0 saturated heterocycles. The Morgan fingerprint density at radius 1 is 1.15 bits per heavy atom. The Balaban J connectivity index is 1.84. The minimum atomic E-state index is -0.144. The van der Waals surface area contributed by atoms with Gasteiger partial charge in [-0.05, 0) is 36.3 Å². The SMILES string of the molecule is Cc1cccc(C(NN)C2CC2c2ccccc2)c1F. The van der Waals surface area contributed by atoms with Crippen LogP contribution in [-0.4, -0.2) is 0 Å². The monoisotopic (exact) mass is 270 g/mol. The molecule has 3 unspecified atom stereocenters. The molecule has 3 N–H and O–H groups in total. The molecule has 0 radical (unpaired) electrons. The topological polar surface area (TPSA) is 38.0 Å². The molecule has 0 amide bonds. The summed E-state index contributed by atoms with van der Waals surface area (Å²) in [4.78, 5) is 0. The highest BCUT2D eigenvalue weighted by atomic mass is 19.1. The van der Waals surface area contributed by atoms with Gasteiger partial charge in [-0.1, -0.05) is 48.5 Å². The molecule has 1 aliphatic carbocycles. The molecule has 20 heavy (non-hydrogen) atoms. The van der Waals surface area contributed by atoms with Gasteiger partial charge in [-0.15, -0.1) is 0 Å². The molecule has 2 nitrogen and oxygen atoms in total. The molecule has 0 aromatic heterocycles. The molecule has 2 aromatic rings. The van der Waals surface area contributed by atoms with Crippen molar-refractivity contribution in [1.29, 1.82) is 0 Å². The second-order valence-corrected chi connectivity index (χ2v) is 5.54. The molecule has 1 saturated carbocycles. The summed E-state index contributed by atoms with van der Waals surface area (Å²) in [5.74, 6) is 6.37. The summed E-state index contributed by atoms with van der Waals surface area (Å²) in [6.45, 7) is 1.79. The van der Waals surface area contributed by atoms with E-state index < -0.39 is 0 Å². The largest absolute Gasteiger partial charge is 0.271 e. The lowest BCUT2D eigenvalue weighted by atomic mass is 9.97. The number of hydrogen-bond acceptors (Lipinski definition) is 2. The van der Waals surface area contributed by atoms with Gasteiger partial charge in [0.05, 0.1) is 6.04 Å². The van der Waals surface area contributed by atoms with E-state index in [2.05, 4.69) is 17.6 Å². The van der Waals surface area contributed by atoms with Crippen LogP contribution >= 0.6 is 0 Å². The van der Waals surface area contributed by atoms with Gasteiger partial charge in [0.1, 0.15) is 5.82 Å². The zero-order chi connectivity index (χ0) is 14.1. The maximum Gasteiger partial charge on any atom is 0.130 e. The molecule has 0 aliphatic heterocycles. The minimum absolute atomic E-state index is 0.125. The van der Waals surface area contributed by atoms with E-state index in [1.807, 2.05) is 30.3 Å². The van der Waals surface area contributed by atoms with Gasteiger partial charge < -0.3 is 0 Å². The Morgan fingerprint density at radius 3 is 2.60 bits per heavy atom. The van der Waals surface area contributed by atoms with Gasteiger partial charge in [-0.25, -0.2) is 4.39 Å². The minimum Gasteiger partial charge on any atom is -0.271 e. The first-order valence-electron chi connectivity index (χ1n) is 6.98. The fourth-order valence-corrected chi connectivity index (χ4v) is 3.02. The maximum atomic E-state index is 14.3. The molecule has 0 heterocycles. The Labute approximate surface area is 118 Å². The average molecular weight is 270 g/mol. The Hall–Kier alpha value is -1.71. The second-order valence-electron chi connectivity index (χ2n) is 5.54. The van der Waals surface area contributed by atoms with Crippen molar-refractivity contribution in [3.63, 3.8) is 0 Å². The van der Waals surface area contributed by atoms with Crippen LogP contribution < -0.4 is 11.3 Å². The van der Waals surface area contributed by atoms with Crippen molar-refractivity contribution >= 4 is 0 Å². The van der Waals surface area contributed by atoms with Crippen LogP contribution in [0.4, 0.5) is 4.39 Å². The van der Waals surface area contributed by atoms with Gasteiger partial charge in [0.25, 0.3) is 0 Å². The van der Waals surface area contributed by atoms with Crippen LogP contribution in [0.25, 0.3) is 0 Å². The number of nitrogens with two attached hydrogens (primary N) is 1. The van der Waals surface area contributed by atoms with Gasteiger partial charge in [-0.3, -0.25) is 11.3 Å². The lowest BCUT2D eigenvalue weighted by Gasteiger charge is -2.18. The lowest BCUT2D eigenvalue weighted by Crippen LogP contribution is -2.30. The molecule has 0 spiro atoms. The Kier molecular flexibility index (Phi) is 3.55. The fourth-order valence-electron chi connectivity index (χ4n) is 3.02. The first-order valence-corrected chi connectivity index (χ1v) is 6.98. The Bertz CT molecular complexity index is 597. The molecule has 0 bridgehead atoms. The lowest BCUT2D eigenvalue weighted by molar-refractivity contribution is 0.460. The van der Waals surface area contributed by atoms with Crippen LogP contribution in [0.5, 0.6) is 0 Å². The summed E-state index contributed by atoms with van der Waals surface area (Å²) >= 11 is 0. The highest BCUT2D eigenvalue weighted by Crippen LogP contribution is 2.54. The normalized spacial score (nSPS) is 22.6. The number of rotatable bonds is 4. The molecular weight excluding hydrogens is 251 g/mol. The summed E-state index contributed by atoms with van der Waals surface area (Å²) in [5, 5.41) is 0. The fraction of sp³-hybridized carbons (Fsp3) is 0.294. The highest BCUT2D eigenvalue weighted by Gasteiger charge is 2.44. The highest BCUT2D eigenvalue weighted by molar-refractivity contribution is 5.33. The zero-order valence-corrected chi connectivity index (χ0v) is 11.5. The van der Waals surface area contributed by atoms with Crippen LogP contribution in [0.2, 0.25) is 0 Å². The zero-order valence-electron chi connectivity index (χ0n) is 11.5. The average Bonchev–Trinajstić information content (AvgIpc) is 3.26. The number of hydrazine groups is 1. The van der Waals surface area contributed by atoms with E-state index in [9.17, 15) is 4.39 Å². The van der Waals surface area contributed by atoms with Gasteiger partial charge in [0.15, 0.2) is 0 Å². The van der Waals surface area contributed by atoms with E-state index in [1.54, 1.807) is 13.0 Å². The standard InChI is InChI=1S/C17H19FN2/c1-11-6-5-9-13(16(11)18)17(20-19)15-10-14(15)12-7-3-2-4-8-12/h2-9,14-15,17,20H,10,19H2,1H3. The molecule has 3 atom stereocenters. The van der Waals surface area contributed by atoms with Crippen molar-refractivity contribution in [2.45, 2.75) is 25.3 Å². The summed E-state index contributed by atoms with van der Waals surface area (Å²) in [6, 6.07) is 15.7. The van der Waals surface area contributed by atoms with Crippen molar-refractivity contribution in [2.24, 2.45) is 11.8 Å². The van der Waals surface area contributed by atoms with Crippen molar-refractivity contribution in [2.75, 3.05) is 0 Å². The van der Waals surface area contributed by atoms with Crippen molar-refractivity contribution in [3.8, 4) is 0 Å². The van der Waals surface area contributed by atoms with Crippen LogP contribution in [0.3, 0.4) is 0 Å². The van der Waals surface area contributed by atoms with Gasteiger partial charge in [0.2, 0.25) is 0 Å². The van der Waals surface area contributed by atoms with Gasteiger partial charge in [-0.2, -0.15) is 0 Å². The molecular formula is C17H19FN2. The number of nitrogens with one attached hydrogen (secondary N) is 1. The van der Waals surface area contributed by atoms with E-state index in [-0.39, 0.29) is 11.9 Å². The van der Waals surface area contributed by atoms with E-state index in [0.717, 1.165) is 6.42 Å². The quantitative estimate of drug-likeness (QED) is 0.659. The predicted octanol–water partition coefficient (Wildman–Crippen LogP) is 3.44. The van der Waals surface area contributed by atoms with E-state index >= 15 is 0 Å². The predicted molar refractivity (Wildman–Crippen MR) is 78.5 cm³/mol. The van der Waals surface area contributed by atoms with E-state index in [0.29, 0.717) is 23.0 Å². The summed E-state index contributed by atoms with van der Waals surface area (Å²) in [6.07, 6.45) is 1.05. The van der Waals surface area contributed by atoms with E-state index in [4.69, 9.17) is 5.84 Å². The maximum absolute atomic E-state index is 14.3. The van der Waals surface area contributed by atoms with Crippen molar-refractivity contribution < 1.29 is 4.39 Å². The first-order chi connectivity index (χ1) is 9.72. The molecule has 2 aromatic carbocycles. The Morgan fingerprint density at radius 2 is 1.90 bits per heavy atom. The number of halogens is 1. The first kappa shape index (κ1) is 13.3. The van der Waals surface area contributed by atoms with Gasteiger partial charge >= 0.3 is 0 Å². The summed E-state index contributed by atoms with van der Waals surface area (Å²) in [7, 11) is 0. The third-order valence-electron chi connectivity index (χ3n) is 4.23. The molecule has 1 aliphatic rings. The van der Waals surface area contributed by atoms with Gasteiger partial charge in [0, 0.05) is 5.56 Å². The molecule has 104 valence electrons. The van der Waals surface area contributed by atoms with E-state index in [1.165, 1.54) is 5.56 Å². The summed E-state index contributed by atoms with van der Waals surface area (Å²) < 4.78 is 14.3. The molecule has 3 heteroatoms. The molecule has 1 fully saturated rings. The van der Waals surface area contributed by atoms with Crippen LogP contribution in [-0.2, 0) is 0 Å². The number of hydrogen-bond donors (Lipinski definition) is 2. The number of aryl methyl sites for hydroxylation is 1. The van der Waals surface area contributed by atoms with Crippen LogP contribution in [0.15, 0.2) is 48.5 Å². The third kappa shape index (κ3) is 2.35. The van der Waals surface area contributed by atoms with Crippen molar-refractivity contribution in [3.05, 3.63) is 71.0 Å². The van der Waals surface area contributed by atoms with Crippen LogP contribution in [0.1, 0.15) is 35.1 Å². The molecule has 3 rings (SSSR count). The third-order valence-corrected chi connectivity index (χ3v) is 4.23.